The smallest absolute Gasteiger partial charge is 0.265 e. The van der Waals surface area contributed by atoms with Gasteiger partial charge in [0.15, 0.2) is 0 Å². The number of nitrogens with zero attached hydrogens (tertiary/aromatic N) is 3. The van der Waals surface area contributed by atoms with Crippen molar-refractivity contribution in [3.05, 3.63) is 94.8 Å². The van der Waals surface area contributed by atoms with Gasteiger partial charge in [0.1, 0.15) is 12.1 Å². The van der Waals surface area contributed by atoms with Gasteiger partial charge in [0.25, 0.3) is 11.5 Å². The van der Waals surface area contributed by atoms with E-state index in [2.05, 4.69) is 15.3 Å². The number of ether oxygens (including phenoxy) is 1. The summed E-state index contributed by atoms with van der Waals surface area (Å²) in [5, 5.41) is 3.23. The Morgan fingerprint density at radius 1 is 1.07 bits per heavy atom. The first-order chi connectivity index (χ1) is 14.2. The molecule has 1 amide bonds. The largest absolute Gasteiger partial charge is 0.495 e. The highest BCUT2D eigenvalue weighted by Gasteiger charge is 2.12. The lowest BCUT2D eigenvalue weighted by molar-refractivity contribution is 0.0950. The molecule has 1 N–H and O–H groups in total. The molecular formula is C22H18N4O3. The van der Waals surface area contributed by atoms with Gasteiger partial charge in [-0.25, -0.2) is 4.98 Å². The van der Waals surface area contributed by atoms with E-state index in [0.29, 0.717) is 34.4 Å². The van der Waals surface area contributed by atoms with Crippen molar-refractivity contribution in [2.45, 2.75) is 6.54 Å². The van der Waals surface area contributed by atoms with Crippen molar-refractivity contribution in [3.8, 4) is 11.4 Å². The van der Waals surface area contributed by atoms with Crippen molar-refractivity contribution in [1.29, 1.82) is 0 Å². The Morgan fingerprint density at radius 2 is 1.90 bits per heavy atom. The number of pyridine rings is 1. The predicted molar refractivity (Wildman–Crippen MR) is 109 cm³/mol. The fraction of sp³-hybridized carbons (Fsp3) is 0.0909. The van der Waals surface area contributed by atoms with Crippen molar-refractivity contribution >= 4 is 16.8 Å². The summed E-state index contributed by atoms with van der Waals surface area (Å²) < 4.78 is 6.77. The van der Waals surface area contributed by atoms with Crippen LogP contribution in [0.3, 0.4) is 0 Å². The Morgan fingerprint density at radius 3 is 2.69 bits per heavy atom. The monoisotopic (exact) mass is 386 g/mol. The first kappa shape index (κ1) is 18.4. The molecule has 0 saturated carbocycles. The maximum Gasteiger partial charge on any atom is 0.265 e. The minimum atomic E-state index is -0.256. The third-order valence-electron chi connectivity index (χ3n) is 4.52. The first-order valence-corrected chi connectivity index (χ1v) is 9.00. The lowest BCUT2D eigenvalue weighted by Gasteiger charge is -2.11. The number of carbonyl (C=O) groups excluding carboxylic acids is 1. The second-order valence-electron chi connectivity index (χ2n) is 6.33. The van der Waals surface area contributed by atoms with E-state index in [1.54, 1.807) is 43.6 Å². The molecule has 2 aromatic heterocycles. The number of nitrogens with one attached hydrogen (secondary N) is 1. The fourth-order valence-electron chi connectivity index (χ4n) is 3.04. The zero-order chi connectivity index (χ0) is 20.2. The predicted octanol–water partition coefficient (Wildman–Crippen LogP) is 2.72. The number of hydrogen-bond donors (Lipinski definition) is 1. The Labute approximate surface area is 166 Å². The third-order valence-corrected chi connectivity index (χ3v) is 4.52. The molecule has 7 nitrogen and oxygen atoms in total. The third kappa shape index (κ3) is 3.70. The van der Waals surface area contributed by atoms with Crippen LogP contribution in [0.1, 0.15) is 16.1 Å². The summed E-state index contributed by atoms with van der Waals surface area (Å²) in [6.45, 7) is 0.320. The van der Waals surface area contributed by atoms with Crippen LogP contribution in [0.4, 0.5) is 0 Å². The number of methoxy groups -OCH3 is 1. The van der Waals surface area contributed by atoms with Crippen LogP contribution in [0.5, 0.6) is 5.75 Å². The second-order valence-corrected chi connectivity index (χ2v) is 6.33. The number of aromatic nitrogens is 3. The maximum absolute atomic E-state index is 12.9. The minimum Gasteiger partial charge on any atom is -0.495 e. The summed E-state index contributed by atoms with van der Waals surface area (Å²) in [5.41, 5.74) is 2.01. The van der Waals surface area contributed by atoms with E-state index in [-0.39, 0.29) is 11.5 Å². The summed E-state index contributed by atoms with van der Waals surface area (Å²) in [7, 11) is 1.55. The quantitative estimate of drug-likeness (QED) is 0.570. The molecule has 144 valence electrons. The van der Waals surface area contributed by atoms with Gasteiger partial charge in [-0.3, -0.25) is 19.1 Å². The molecule has 0 spiro atoms. The number of hydrogen-bond acceptors (Lipinski definition) is 5. The van der Waals surface area contributed by atoms with Gasteiger partial charge in [0.2, 0.25) is 0 Å². The fourth-order valence-corrected chi connectivity index (χ4v) is 3.04. The summed E-state index contributed by atoms with van der Waals surface area (Å²) in [4.78, 5) is 33.9. The lowest BCUT2D eigenvalue weighted by atomic mass is 10.1. The Kier molecular flexibility index (Phi) is 5.03. The molecule has 0 fully saturated rings. The molecule has 4 aromatic rings. The van der Waals surface area contributed by atoms with Crippen LogP contribution < -0.4 is 15.6 Å². The molecule has 0 radical (unpaired) electrons. The van der Waals surface area contributed by atoms with Gasteiger partial charge in [-0.15, -0.1) is 0 Å². The number of benzene rings is 2. The highest BCUT2D eigenvalue weighted by Crippen LogP contribution is 2.21. The van der Waals surface area contributed by atoms with Crippen LogP contribution in [-0.4, -0.2) is 27.6 Å². The number of para-hydroxylation sites is 2. The molecule has 0 unspecified atom stereocenters. The Hall–Kier alpha value is -4.00. The zero-order valence-electron chi connectivity index (χ0n) is 15.7. The number of rotatable bonds is 5. The van der Waals surface area contributed by atoms with Crippen LogP contribution in [0.2, 0.25) is 0 Å². The van der Waals surface area contributed by atoms with Crippen LogP contribution in [0.15, 0.2) is 78.0 Å². The molecule has 29 heavy (non-hydrogen) atoms. The van der Waals surface area contributed by atoms with Gasteiger partial charge in [-0.05, 0) is 42.5 Å². The molecule has 2 heterocycles. The lowest BCUT2D eigenvalue weighted by Crippen LogP contribution is -2.24. The van der Waals surface area contributed by atoms with Crippen LogP contribution >= 0.6 is 0 Å². The molecule has 0 atom stereocenters. The van der Waals surface area contributed by atoms with E-state index >= 15 is 0 Å². The van der Waals surface area contributed by atoms with Crippen LogP contribution in [0.25, 0.3) is 16.6 Å². The van der Waals surface area contributed by atoms with Crippen LogP contribution in [0, 0.1) is 0 Å². The Balaban J connectivity index is 1.64. The first-order valence-electron chi connectivity index (χ1n) is 9.00. The van der Waals surface area contributed by atoms with Gasteiger partial charge in [0, 0.05) is 11.8 Å². The molecule has 2 aromatic carbocycles. The highest BCUT2D eigenvalue weighted by atomic mass is 16.5. The maximum atomic E-state index is 12.9. The average molecular weight is 386 g/mol. The zero-order valence-corrected chi connectivity index (χ0v) is 15.7. The van der Waals surface area contributed by atoms with Crippen molar-refractivity contribution in [2.75, 3.05) is 7.11 Å². The van der Waals surface area contributed by atoms with E-state index in [0.717, 1.165) is 5.69 Å². The molecule has 0 aliphatic carbocycles. The molecule has 0 aliphatic rings. The van der Waals surface area contributed by atoms with E-state index in [4.69, 9.17) is 4.74 Å². The topological polar surface area (TPSA) is 86.1 Å². The normalized spacial score (nSPS) is 10.7. The summed E-state index contributed by atoms with van der Waals surface area (Å²) in [6.07, 6.45) is 3.12. The van der Waals surface area contributed by atoms with Gasteiger partial charge < -0.3 is 10.1 Å². The second kappa shape index (κ2) is 7.93. The SMILES string of the molecule is COc1ccccc1-n1cnc2cc(C(=O)NCc3ccccn3)ccc2c1=O. The minimum absolute atomic E-state index is 0.236. The van der Waals surface area contributed by atoms with E-state index in [9.17, 15) is 9.59 Å². The molecule has 0 saturated heterocycles. The highest BCUT2D eigenvalue weighted by molar-refractivity contribution is 5.97. The van der Waals surface area contributed by atoms with Gasteiger partial charge in [-0.2, -0.15) is 0 Å². The standard InChI is InChI=1S/C22H18N4O3/c1-29-20-8-3-2-7-19(20)26-14-25-18-12-15(9-10-17(18)22(26)28)21(27)24-13-16-6-4-5-11-23-16/h2-12,14H,13H2,1H3,(H,24,27). The molecule has 7 heteroatoms. The van der Waals surface area contributed by atoms with Gasteiger partial charge >= 0.3 is 0 Å². The Bertz CT molecular complexity index is 1240. The molecule has 4 rings (SSSR count). The van der Waals surface area contributed by atoms with Crippen molar-refractivity contribution < 1.29 is 9.53 Å². The summed E-state index contributed by atoms with van der Waals surface area (Å²) >= 11 is 0. The summed E-state index contributed by atoms with van der Waals surface area (Å²) in [5.74, 6) is 0.314. The number of fused-ring (bicyclic) bond motifs is 1. The molecular weight excluding hydrogens is 368 g/mol. The van der Waals surface area contributed by atoms with E-state index in [1.807, 2.05) is 30.3 Å². The van der Waals surface area contributed by atoms with E-state index < -0.39 is 0 Å². The molecule has 0 bridgehead atoms. The number of carbonyl (C=O) groups is 1. The number of amides is 1. The van der Waals surface area contributed by atoms with Crippen LogP contribution in [-0.2, 0) is 6.54 Å². The van der Waals surface area contributed by atoms with Gasteiger partial charge in [-0.1, -0.05) is 18.2 Å². The van der Waals surface area contributed by atoms with Crippen molar-refractivity contribution in [1.82, 2.24) is 19.9 Å². The van der Waals surface area contributed by atoms with Crippen molar-refractivity contribution in [3.63, 3.8) is 0 Å². The van der Waals surface area contributed by atoms with E-state index in [1.165, 1.54) is 10.9 Å². The average Bonchev–Trinajstić information content (AvgIpc) is 2.78. The summed E-state index contributed by atoms with van der Waals surface area (Å²) in [6, 6.07) is 17.6. The molecule has 0 aliphatic heterocycles. The van der Waals surface area contributed by atoms with Gasteiger partial charge in [0.05, 0.1) is 35.9 Å². The van der Waals surface area contributed by atoms with Crippen molar-refractivity contribution in [2.24, 2.45) is 0 Å².